The van der Waals surface area contributed by atoms with Crippen LogP contribution in [0.3, 0.4) is 0 Å². The number of sulfonamides is 1. The van der Waals surface area contributed by atoms with Gasteiger partial charge in [-0.2, -0.15) is 4.31 Å². The van der Waals surface area contributed by atoms with Crippen molar-refractivity contribution in [2.75, 3.05) is 32.8 Å². The van der Waals surface area contributed by atoms with Crippen LogP contribution in [-0.4, -0.2) is 79.5 Å². The molecule has 0 radical (unpaired) electrons. The molecule has 0 spiro atoms. The Morgan fingerprint density at radius 2 is 1.81 bits per heavy atom. The third-order valence-electron chi connectivity index (χ3n) is 6.96. The van der Waals surface area contributed by atoms with E-state index in [0.717, 1.165) is 25.2 Å². The van der Waals surface area contributed by atoms with Crippen molar-refractivity contribution in [1.29, 1.82) is 0 Å². The highest BCUT2D eigenvalue weighted by molar-refractivity contribution is 7.89. The zero-order valence-electron chi connectivity index (χ0n) is 21.1. The predicted molar refractivity (Wildman–Crippen MR) is 139 cm³/mol. The number of aliphatic carboxylic acids is 1. The van der Waals surface area contributed by atoms with E-state index in [1.807, 2.05) is 13.0 Å². The highest BCUT2D eigenvalue weighted by Gasteiger charge is 2.40. The number of likely N-dealkylation sites (tertiary alicyclic amines) is 1. The van der Waals surface area contributed by atoms with Gasteiger partial charge in [0.2, 0.25) is 15.9 Å². The first-order valence-corrected chi connectivity index (χ1v) is 14.2. The van der Waals surface area contributed by atoms with Gasteiger partial charge in [-0.05, 0) is 75.5 Å². The van der Waals surface area contributed by atoms with Crippen LogP contribution < -0.4 is 10.1 Å². The molecule has 0 saturated carbocycles. The molecule has 2 aromatic rings. The van der Waals surface area contributed by atoms with E-state index in [-0.39, 0.29) is 17.9 Å². The Morgan fingerprint density at radius 3 is 2.51 bits per heavy atom. The molecular formula is C27H35N3O6S. The molecule has 2 saturated heterocycles. The van der Waals surface area contributed by atoms with Crippen LogP contribution in [0.2, 0.25) is 0 Å². The van der Waals surface area contributed by atoms with Crippen molar-refractivity contribution in [1.82, 2.24) is 14.5 Å². The second kappa shape index (κ2) is 12.1. The van der Waals surface area contributed by atoms with Gasteiger partial charge < -0.3 is 15.2 Å². The van der Waals surface area contributed by atoms with E-state index in [1.165, 1.54) is 29.3 Å². The summed E-state index contributed by atoms with van der Waals surface area (Å²) in [5, 5.41) is 12.4. The minimum atomic E-state index is -3.88. The van der Waals surface area contributed by atoms with Gasteiger partial charge in [-0.15, -0.1) is 0 Å². The lowest BCUT2D eigenvalue weighted by atomic mass is 10.0. The fraction of sp³-hybridized carbons (Fsp3) is 0.481. The number of carbonyl (C=O) groups is 2. The molecule has 0 unspecified atom stereocenters. The standard InChI is InChI=1S/C27H35N3O6S/c1-20-9-11-23(12-10-20)37(34,35)30-15-5-8-25(30)26(31)28-24(27(32)33)19-21-6-4-7-22(18-21)36-17-16-29-13-2-3-14-29/h4,6-7,9-12,18,24-25H,2-3,5,8,13-17,19H2,1H3,(H,28,31)(H,32,33)/t24-,25-/m0/s1. The first-order chi connectivity index (χ1) is 17.7. The lowest BCUT2D eigenvalue weighted by Crippen LogP contribution is -2.51. The van der Waals surface area contributed by atoms with Gasteiger partial charge in [0.1, 0.15) is 24.4 Å². The second-order valence-corrected chi connectivity index (χ2v) is 11.6. The van der Waals surface area contributed by atoms with Crippen LogP contribution in [-0.2, 0) is 26.0 Å². The molecule has 1 amide bonds. The Kier molecular flexibility index (Phi) is 8.83. The van der Waals surface area contributed by atoms with Gasteiger partial charge in [-0.3, -0.25) is 9.69 Å². The molecule has 200 valence electrons. The predicted octanol–water partition coefficient (Wildman–Crippen LogP) is 2.43. The van der Waals surface area contributed by atoms with Crippen molar-refractivity contribution in [3.63, 3.8) is 0 Å². The monoisotopic (exact) mass is 529 g/mol. The molecule has 0 bridgehead atoms. The van der Waals surface area contributed by atoms with Crippen molar-refractivity contribution in [2.45, 2.75) is 56.0 Å². The topological polar surface area (TPSA) is 116 Å². The Morgan fingerprint density at radius 1 is 1.08 bits per heavy atom. The van der Waals surface area contributed by atoms with Gasteiger partial charge in [0.05, 0.1) is 4.90 Å². The zero-order chi connectivity index (χ0) is 26.4. The summed E-state index contributed by atoms with van der Waals surface area (Å²) in [6.45, 7) is 5.66. The van der Waals surface area contributed by atoms with Crippen molar-refractivity contribution >= 4 is 21.9 Å². The summed E-state index contributed by atoms with van der Waals surface area (Å²) in [4.78, 5) is 27.6. The highest BCUT2D eigenvalue weighted by atomic mass is 32.2. The molecule has 37 heavy (non-hydrogen) atoms. The molecule has 0 aliphatic carbocycles. The molecule has 10 heteroatoms. The third-order valence-corrected chi connectivity index (χ3v) is 8.88. The van der Waals surface area contributed by atoms with Crippen molar-refractivity contribution in [2.24, 2.45) is 0 Å². The molecule has 2 fully saturated rings. The van der Waals surface area contributed by atoms with E-state index in [4.69, 9.17) is 4.74 Å². The maximum atomic E-state index is 13.2. The van der Waals surface area contributed by atoms with E-state index in [2.05, 4.69) is 10.2 Å². The molecule has 4 rings (SSSR count). The number of carbonyl (C=O) groups excluding carboxylic acids is 1. The van der Waals surface area contributed by atoms with Crippen molar-refractivity contribution in [3.8, 4) is 5.75 Å². The van der Waals surface area contributed by atoms with Gasteiger partial charge in [-0.25, -0.2) is 13.2 Å². The van der Waals surface area contributed by atoms with Crippen LogP contribution in [0.15, 0.2) is 53.4 Å². The van der Waals surface area contributed by atoms with Gasteiger partial charge in [0.25, 0.3) is 0 Å². The Labute approximate surface area is 218 Å². The smallest absolute Gasteiger partial charge is 0.326 e. The summed E-state index contributed by atoms with van der Waals surface area (Å²) in [5.41, 5.74) is 1.64. The van der Waals surface area contributed by atoms with Gasteiger partial charge in [-0.1, -0.05) is 29.8 Å². The van der Waals surface area contributed by atoms with Gasteiger partial charge >= 0.3 is 5.97 Å². The number of carboxylic acids is 1. The highest BCUT2D eigenvalue weighted by Crippen LogP contribution is 2.27. The molecule has 2 atom stereocenters. The van der Waals surface area contributed by atoms with E-state index in [0.29, 0.717) is 30.8 Å². The molecule has 2 aliphatic heterocycles. The molecular weight excluding hydrogens is 494 g/mol. The number of hydrogen-bond donors (Lipinski definition) is 2. The number of ether oxygens (including phenoxy) is 1. The first-order valence-electron chi connectivity index (χ1n) is 12.8. The number of nitrogens with zero attached hydrogens (tertiary/aromatic N) is 2. The number of nitrogens with one attached hydrogen (secondary N) is 1. The van der Waals surface area contributed by atoms with Crippen LogP contribution in [0, 0.1) is 6.92 Å². The summed E-state index contributed by atoms with van der Waals surface area (Å²) >= 11 is 0. The van der Waals surface area contributed by atoms with Crippen molar-refractivity contribution < 1.29 is 27.9 Å². The van der Waals surface area contributed by atoms with Crippen LogP contribution >= 0.6 is 0 Å². The summed E-state index contributed by atoms with van der Waals surface area (Å²) in [6, 6.07) is 11.5. The molecule has 2 N–H and O–H groups in total. The Bertz CT molecular complexity index is 1190. The lowest BCUT2D eigenvalue weighted by molar-refractivity contribution is -0.142. The summed E-state index contributed by atoms with van der Waals surface area (Å²) in [7, 11) is -3.88. The number of carboxylic acid groups (broad SMARTS) is 1. The lowest BCUT2D eigenvalue weighted by Gasteiger charge is -2.25. The average molecular weight is 530 g/mol. The minimum Gasteiger partial charge on any atom is -0.492 e. The van der Waals surface area contributed by atoms with Gasteiger partial charge in [0, 0.05) is 19.5 Å². The van der Waals surface area contributed by atoms with Crippen LogP contribution in [0.4, 0.5) is 0 Å². The quantitative estimate of drug-likeness (QED) is 0.459. The fourth-order valence-electron chi connectivity index (χ4n) is 4.90. The fourth-order valence-corrected chi connectivity index (χ4v) is 6.56. The van der Waals surface area contributed by atoms with Crippen LogP contribution in [0.5, 0.6) is 5.75 Å². The van der Waals surface area contributed by atoms with E-state index in [9.17, 15) is 23.1 Å². The second-order valence-electron chi connectivity index (χ2n) is 9.73. The van der Waals surface area contributed by atoms with Crippen LogP contribution in [0.25, 0.3) is 0 Å². The summed E-state index contributed by atoms with van der Waals surface area (Å²) in [6.07, 6.45) is 3.35. The first kappa shape index (κ1) is 27.1. The number of aryl methyl sites for hydroxylation is 1. The molecule has 2 aromatic carbocycles. The van der Waals surface area contributed by atoms with E-state index in [1.54, 1.807) is 30.3 Å². The number of rotatable bonds is 11. The largest absolute Gasteiger partial charge is 0.492 e. The maximum Gasteiger partial charge on any atom is 0.326 e. The number of hydrogen-bond acceptors (Lipinski definition) is 6. The molecule has 0 aromatic heterocycles. The summed E-state index contributed by atoms with van der Waals surface area (Å²) < 4.78 is 33.4. The Hall–Kier alpha value is -2.95. The SMILES string of the molecule is Cc1ccc(S(=O)(=O)N2CCC[C@H]2C(=O)N[C@@H](Cc2cccc(OCCN3CCCC3)c2)C(=O)O)cc1. The normalized spacial score (nSPS) is 19.5. The average Bonchev–Trinajstić information content (AvgIpc) is 3.57. The maximum absolute atomic E-state index is 13.2. The number of amides is 1. The van der Waals surface area contributed by atoms with E-state index >= 15 is 0 Å². The van der Waals surface area contributed by atoms with Gasteiger partial charge in [0.15, 0.2) is 0 Å². The van der Waals surface area contributed by atoms with Crippen molar-refractivity contribution in [3.05, 3.63) is 59.7 Å². The minimum absolute atomic E-state index is 0.0574. The molecule has 2 heterocycles. The molecule has 9 nitrogen and oxygen atoms in total. The Balaban J connectivity index is 1.39. The van der Waals surface area contributed by atoms with E-state index < -0.39 is 34.0 Å². The van der Waals surface area contributed by atoms with Crippen LogP contribution in [0.1, 0.15) is 36.8 Å². The third kappa shape index (κ3) is 6.88. The zero-order valence-corrected chi connectivity index (χ0v) is 22.0. The number of benzene rings is 2. The molecule has 2 aliphatic rings. The summed E-state index contributed by atoms with van der Waals surface area (Å²) in [5.74, 6) is -1.13.